The molecule has 0 saturated heterocycles. The van der Waals surface area contributed by atoms with Crippen molar-refractivity contribution >= 4 is 5.97 Å². The van der Waals surface area contributed by atoms with Gasteiger partial charge in [0.1, 0.15) is 12.1 Å². The highest BCUT2D eigenvalue weighted by atomic mass is 16.4. The topological polar surface area (TPSA) is 60.4 Å². The number of rotatable bonds is 24. The number of carbonyl (C=O) groups is 1. The first-order valence-electron chi connectivity index (χ1n) is 14.0. The fraction of sp³-hybridized carbons (Fsp3) is 0.964. The minimum atomic E-state index is -0.978. The summed E-state index contributed by atoms with van der Waals surface area (Å²) < 4.78 is 0.673. The molecule has 0 rings (SSSR count). The summed E-state index contributed by atoms with van der Waals surface area (Å²) in [5.41, 5.74) is -0.627. The lowest BCUT2D eigenvalue weighted by Crippen LogP contribution is -2.52. The van der Waals surface area contributed by atoms with Gasteiger partial charge in [-0.2, -0.15) is 0 Å². The highest BCUT2D eigenvalue weighted by Gasteiger charge is 2.33. The highest BCUT2D eigenvalue weighted by Crippen LogP contribution is 2.26. The van der Waals surface area contributed by atoms with Crippen molar-refractivity contribution in [2.75, 3.05) is 27.2 Å². The van der Waals surface area contributed by atoms with Crippen molar-refractivity contribution in [2.24, 2.45) is 0 Å². The average molecular weight is 456 g/mol. The van der Waals surface area contributed by atoms with E-state index in [0.29, 0.717) is 17.4 Å². The number of hydrogen-bond acceptors (Lipinski definition) is 3. The summed E-state index contributed by atoms with van der Waals surface area (Å²) in [7, 11) is 4.22. The van der Waals surface area contributed by atoms with E-state index in [9.17, 15) is 15.0 Å². The van der Waals surface area contributed by atoms with Crippen molar-refractivity contribution in [3.05, 3.63) is 0 Å². The van der Waals surface area contributed by atoms with Crippen LogP contribution in [0.25, 0.3) is 0 Å². The van der Waals surface area contributed by atoms with Crippen LogP contribution in [0.15, 0.2) is 0 Å². The van der Waals surface area contributed by atoms with Crippen LogP contribution in [-0.4, -0.2) is 48.3 Å². The van der Waals surface area contributed by atoms with E-state index < -0.39 is 11.6 Å². The van der Waals surface area contributed by atoms with E-state index in [-0.39, 0.29) is 6.42 Å². The van der Waals surface area contributed by atoms with Crippen molar-refractivity contribution < 1.29 is 19.5 Å². The van der Waals surface area contributed by atoms with Gasteiger partial charge in [-0.25, -0.2) is 0 Å². The van der Waals surface area contributed by atoms with Gasteiger partial charge in [-0.05, 0) is 19.3 Å². The molecule has 0 aliphatic carbocycles. The zero-order chi connectivity index (χ0) is 24.1. The predicted molar refractivity (Wildman–Crippen MR) is 135 cm³/mol. The molecule has 0 aliphatic heterocycles. The second kappa shape index (κ2) is 19.8. The Morgan fingerprint density at radius 3 is 1.53 bits per heavy atom. The number of aliphatic hydroxyl groups is 1. The monoisotopic (exact) mass is 455 g/mol. The maximum Gasteiger partial charge on any atom is 0.113 e. The second-order valence-corrected chi connectivity index (χ2v) is 11.0. The number of carbonyl (C=O) groups excluding carboxylic acids is 1. The molecular formula is C28H57NO3. The Morgan fingerprint density at radius 1 is 0.688 bits per heavy atom. The predicted octanol–water partition coefficient (Wildman–Crippen LogP) is 6.39. The summed E-state index contributed by atoms with van der Waals surface area (Å²) in [5, 5.41) is 22.0. The first-order chi connectivity index (χ1) is 15.2. The summed E-state index contributed by atoms with van der Waals surface area (Å²) in [6, 6.07) is 0. The van der Waals surface area contributed by atoms with E-state index in [1.165, 1.54) is 83.5 Å². The van der Waals surface area contributed by atoms with E-state index in [1.54, 1.807) is 0 Å². The molecule has 0 fully saturated rings. The van der Waals surface area contributed by atoms with Crippen molar-refractivity contribution in [1.82, 2.24) is 0 Å². The molecule has 0 aromatic heterocycles. The van der Waals surface area contributed by atoms with Gasteiger partial charge >= 0.3 is 0 Å². The third-order valence-electron chi connectivity index (χ3n) is 6.86. The third kappa shape index (κ3) is 20.0. The zero-order valence-electron chi connectivity index (χ0n) is 22.3. The quantitative estimate of drug-likeness (QED) is 0.136. The van der Waals surface area contributed by atoms with Gasteiger partial charge in [0, 0.05) is 12.4 Å². The third-order valence-corrected chi connectivity index (χ3v) is 6.86. The van der Waals surface area contributed by atoms with E-state index in [2.05, 4.69) is 27.9 Å². The molecule has 0 saturated carbocycles. The Hall–Kier alpha value is -0.610. The van der Waals surface area contributed by atoms with Crippen LogP contribution in [0.5, 0.6) is 0 Å². The molecule has 0 aromatic carbocycles. The van der Waals surface area contributed by atoms with Gasteiger partial charge in [0.15, 0.2) is 0 Å². The van der Waals surface area contributed by atoms with Gasteiger partial charge in [-0.1, -0.05) is 117 Å². The molecule has 32 heavy (non-hydrogen) atoms. The highest BCUT2D eigenvalue weighted by molar-refractivity contribution is 5.64. The molecule has 1 N–H and O–H groups in total. The van der Waals surface area contributed by atoms with Gasteiger partial charge in [0.2, 0.25) is 0 Å². The number of likely N-dealkylation sites (N-methyl/N-ethyl adjacent to an activating group) is 1. The van der Waals surface area contributed by atoms with Crippen molar-refractivity contribution in [2.45, 2.75) is 148 Å². The molecule has 1 unspecified atom stereocenters. The zero-order valence-corrected chi connectivity index (χ0v) is 22.3. The molecule has 0 aliphatic rings. The van der Waals surface area contributed by atoms with Crippen LogP contribution in [0.1, 0.15) is 142 Å². The number of carboxylic acid groups (broad SMARTS) is 1. The normalized spacial score (nSPS) is 13.9. The van der Waals surface area contributed by atoms with Crippen LogP contribution < -0.4 is 5.11 Å². The standard InChI is InChI=1S/C28H57NO3/c1-5-7-9-10-11-12-13-14-15-16-17-18-19-20-24-28(32,23-8-6-2)26-29(3,4)25-21-22-27(30)31/h32H,5-26H2,1-4H3. The molecule has 4 nitrogen and oxygen atoms in total. The van der Waals surface area contributed by atoms with Crippen LogP contribution >= 0.6 is 0 Å². The lowest BCUT2D eigenvalue weighted by molar-refractivity contribution is -0.897. The average Bonchev–Trinajstić information content (AvgIpc) is 2.71. The Labute approximate surface area is 200 Å². The lowest BCUT2D eigenvalue weighted by Gasteiger charge is -2.39. The Morgan fingerprint density at radius 2 is 1.09 bits per heavy atom. The van der Waals surface area contributed by atoms with Gasteiger partial charge in [-0.3, -0.25) is 0 Å². The number of carboxylic acids is 1. The van der Waals surface area contributed by atoms with Gasteiger partial charge in [0.25, 0.3) is 0 Å². The van der Waals surface area contributed by atoms with Crippen LogP contribution in [0.3, 0.4) is 0 Å². The van der Waals surface area contributed by atoms with Gasteiger partial charge < -0.3 is 19.5 Å². The molecular weight excluding hydrogens is 398 g/mol. The van der Waals surface area contributed by atoms with E-state index in [0.717, 1.165) is 38.6 Å². The first-order valence-corrected chi connectivity index (χ1v) is 14.0. The molecule has 0 radical (unpaired) electrons. The maximum absolute atomic E-state index is 11.3. The summed E-state index contributed by atoms with van der Waals surface area (Å²) in [6.07, 6.45) is 23.5. The van der Waals surface area contributed by atoms with E-state index in [1.807, 2.05) is 0 Å². The van der Waals surface area contributed by atoms with Crippen molar-refractivity contribution in [3.8, 4) is 0 Å². The molecule has 0 bridgehead atoms. The van der Waals surface area contributed by atoms with E-state index in [4.69, 9.17) is 0 Å². The van der Waals surface area contributed by atoms with Gasteiger partial charge in [0.05, 0.1) is 20.6 Å². The number of quaternary nitrogens is 1. The number of hydrogen-bond donors (Lipinski definition) is 1. The van der Waals surface area contributed by atoms with Crippen LogP contribution in [-0.2, 0) is 4.79 Å². The second-order valence-electron chi connectivity index (χ2n) is 11.0. The Balaban J connectivity index is 3.95. The first kappa shape index (κ1) is 31.4. The summed E-state index contributed by atoms with van der Waals surface area (Å²) in [5.74, 6) is -0.978. The van der Waals surface area contributed by atoms with Crippen molar-refractivity contribution in [1.29, 1.82) is 0 Å². The minimum Gasteiger partial charge on any atom is -0.550 e. The molecule has 192 valence electrons. The molecule has 1 atom stereocenters. The van der Waals surface area contributed by atoms with Gasteiger partial charge in [-0.15, -0.1) is 0 Å². The number of nitrogens with zero attached hydrogens (tertiary/aromatic N) is 1. The van der Waals surface area contributed by atoms with Crippen molar-refractivity contribution in [3.63, 3.8) is 0 Å². The Kier molecular flexibility index (Phi) is 19.4. The van der Waals surface area contributed by atoms with Crippen LogP contribution in [0, 0.1) is 0 Å². The smallest absolute Gasteiger partial charge is 0.113 e. The molecule has 0 heterocycles. The fourth-order valence-electron chi connectivity index (χ4n) is 4.96. The number of unbranched alkanes of at least 4 members (excludes halogenated alkanes) is 14. The van der Waals surface area contributed by atoms with Crippen LogP contribution in [0.2, 0.25) is 0 Å². The fourth-order valence-corrected chi connectivity index (χ4v) is 4.96. The lowest BCUT2D eigenvalue weighted by atomic mass is 9.89. The number of aliphatic carboxylic acids is 1. The summed E-state index contributed by atoms with van der Waals surface area (Å²) in [6.45, 7) is 5.92. The SMILES string of the molecule is CCCCCCCCCCCCCCCCC(O)(CCCC)C[N+](C)(C)CCCC(=O)[O-]. The largest absolute Gasteiger partial charge is 0.550 e. The Bertz CT molecular complexity index is 438. The van der Waals surface area contributed by atoms with E-state index >= 15 is 0 Å². The molecule has 0 amide bonds. The maximum atomic E-state index is 11.3. The van der Waals surface area contributed by atoms with Crippen LogP contribution in [0.4, 0.5) is 0 Å². The summed E-state index contributed by atoms with van der Waals surface area (Å²) >= 11 is 0. The molecule has 0 aromatic rings. The molecule has 0 spiro atoms. The minimum absolute atomic E-state index is 0.105. The summed E-state index contributed by atoms with van der Waals surface area (Å²) in [4.78, 5) is 10.7. The molecule has 4 heteroatoms.